The highest BCUT2D eigenvalue weighted by atomic mass is 32.2. The Morgan fingerprint density at radius 2 is 1.67 bits per heavy atom. The lowest BCUT2D eigenvalue weighted by Crippen LogP contribution is -1.93. The average molecular weight is 228 g/mol. The van der Waals surface area contributed by atoms with Gasteiger partial charge in [-0.2, -0.15) is 11.8 Å². The molecule has 90 valence electrons. The quantitative estimate of drug-likeness (QED) is 0.510. The van der Waals surface area contributed by atoms with E-state index in [2.05, 4.69) is 25.6 Å². The molecule has 0 spiro atoms. The molecule has 1 rings (SSSR count). The summed E-state index contributed by atoms with van der Waals surface area (Å²) in [7, 11) is 0. The number of thioether (sulfide) groups is 1. The van der Waals surface area contributed by atoms with Gasteiger partial charge in [-0.15, -0.1) is 0 Å². The first-order valence-electron chi connectivity index (χ1n) is 6.90. The van der Waals surface area contributed by atoms with E-state index >= 15 is 0 Å². The largest absolute Gasteiger partial charge is 0.159 e. The fourth-order valence-electron chi connectivity index (χ4n) is 2.51. The molecule has 0 saturated heterocycles. The monoisotopic (exact) mass is 228 g/mol. The van der Waals surface area contributed by atoms with Crippen LogP contribution in [0.5, 0.6) is 0 Å². The van der Waals surface area contributed by atoms with Gasteiger partial charge in [-0.05, 0) is 23.3 Å². The molecule has 0 amide bonds. The average Bonchev–Trinajstić information content (AvgIpc) is 2.68. The van der Waals surface area contributed by atoms with Crippen LogP contribution >= 0.6 is 11.8 Å². The van der Waals surface area contributed by atoms with Gasteiger partial charge in [0.25, 0.3) is 0 Å². The molecule has 0 aromatic rings. The van der Waals surface area contributed by atoms with E-state index in [4.69, 9.17) is 0 Å². The lowest BCUT2D eigenvalue weighted by atomic mass is 10.00. The van der Waals surface area contributed by atoms with Crippen LogP contribution < -0.4 is 0 Å². The van der Waals surface area contributed by atoms with Crippen LogP contribution in [0.3, 0.4) is 0 Å². The summed E-state index contributed by atoms with van der Waals surface area (Å²) in [6.45, 7) is 4.59. The van der Waals surface area contributed by atoms with Crippen molar-refractivity contribution >= 4 is 11.8 Å². The minimum atomic E-state index is 0.823. The first-order valence-corrected chi connectivity index (χ1v) is 7.95. The highest BCUT2D eigenvalue weighted by Crippen LogP contribution is 2.29. The third-order valence-corrected chi connectivity index (χ3v) is 4.62. The molecule has 1 heteroatoms. The zero-order chi connectivity index (χ0) is 10.9. The maximum absolute atomic E-state index is 2.30. The van der Waals surface area contributed by atoms with Crippen molar-refractivity contribution in [3.8, 4) is 0 Å². The van der Waals surface area contributed by atoms with Crippen molar-refractivity contribution in [1.29, 1.82) is 0 Å². The van der Waals surface area contributed by atoms with Crippen LogP contribution in [0.4, 0.5) is 0 Å². The summed E-state index contributed by atoms with van der Waals surface area (Å²) >= 11 is 2.11. The second-order valence-corrected chi connectivity index (χ2v) is 6.96. The highest BCUT2D eigenvalue weighted by Gasteiger charge is 2.13. The summed E-state index contributed by atoms with van der Waals surface area (Å²) in [5.74, 6) is 2.48. The summed E-state index contributed by atoms with van der Waals surface area (Å²) in [4.78, 5) is 0. The first kappa shape index (κ1) is 13.4. The molecule has 1 aliphatic carbocycles. The highest BCUT2D eigenvalue weighted by molar-refractivity contribution is 7.99. The normalized spacial score (nSPS) is 17.8. The summed E-state index contributed by atoms with van der Waals surface area (Å²) < 4.78 is 0. The molecule has 1 saturated carbocycles. The molecule has 0 aliphatic heterocycles. The van der Waals surface area contributed by atoms with Crippen LogP contribution in [0.2, 0.25) is 0 Å². The molecule has 1 aliphatic rings. The Bertz CT molecular complexity index is 136. The van der Waals surface area contributed by atoms with Crippen molar-refractivity contribution in [3.63, 3.8) is 0 Å². The Hall–Kier alpha value is 0.350. The number of hydrogen-bond donors (Lipinski definition) is 0. The Kier molecular flexibility index (Phi) is 7.60. The van der Waals surface area contributed by atoms with Gasteiger partial charge in [0.15, 0.2) is 0 Å². The van der Waals surface area contributed by atoms with Gasteiger partial charge in [-0.25, -0.2) is 0 Å². The van der Waals surface area contributed by atoms with E-state index in [9.17, 15) is 0 Å². The minimum Gasteiger partial charge on any atom is -0.159 e. The van der Waals surface area contributed by atoms with Gasteiger partial charge in [0.05, 0.1) is 0 Å². The number of hydrogen-bond acceptors (Lipinski definition) is 1. The van der Waals surface area contributed by atoms with Gasteiger partial charge in [-0.3, -0.25) is 0 Å². The molecule has 0 atom stereocenters. The molecule has 0 unspecified atom stereocenters. The van der Waals surface area contributed by atoms with E-state index in [1.54, 1.807) is 0 Å². The van der Waals surface area contributed by atoms with Crippen molar-refractivity contribution in [2.45, 2.75) is 76.9 Å². The summed E-state index contributed by atoms with van der Waals surface area (Å²) in [5.41, 5.74) is 0. The van der Waals surface area contributed by atoms with Crippen LogP contribution in [0, 0.1) is 5.92 Å². The lowest BCUT2D eigenvalue weighted by molar-refractivity contribution is 0.467. The molecule has 0 bridgehead atoms. The van der Waals surface area contributed by atoms with Gasteiger partial charge < -0.3 is 0 Å². The number of unbranched alkanes of at least 4 members (excludes halogenated alkanes) is 3. The SMILES string of the molecule is CC(C)SCCCCCCC1CCCC1. The Morgan fingerprint density at radius 1 is 1.00 bits per heavy atom. The minimum absolute atomic E-state index is 0.823. The van der Waals surface area contributed by atoms with Crippen molar-refractivity contribution in [1.82, 2.24) is 0 Å². The smallest absolute Gasteiger partial charge is 0.000968 e. The predicted octanol–water partition coefficient (Wildman–Crippen LogP) is 5.27. The summed E-state index contributed by atoms with van der Waals surface area (Å²) in [6, 6.07) is 0. The molecule has 0 heterocycles. The van der Waals surface area contributed by atoms with Gasteiger partial charge in [0.2, 0.25) is 0 Å². The second-order valence-electron chi connectivity index (χ2n) is 5.27. The third-order valence-electron chi connectivity index (χ3n) is 3.43. The molecule has 0 nitrogen and oxygen atoms in total. The fourth-order valence-corrected chi connectivity index (χ4v) is 3.35. The molecule has 0 radical (unpaired) electrons. The van der Waals surface area contributed by atoms with E-state index in [-0.39, 0.29) is 0 Å². The molecular formula is C14H28S. The van der Waals surface area contributed by atoms with E-state index in [0.29, 0.717) is 0 Å². The Morgan fingerprint density at radius 3 is 2.33 bits per heavy atom. The Balaban J connectivity index is 1.76. The molecule has 0 aromatic heterocycles. The zero-order valence-corrected chi connectivity index (χ0v) is 11.5. The van der Waals surface area contributed by atoms with Gasteiger partial charge in [0.1, 0.15) is 0 Å². The molecule has 0 aromatic carbocycles. The molecule has 15 heavy (non-hydrogen) atoms. The molecular weight excluding hydrogens is 200 g/mol. The predicted molar refractivity (Wildman–Crippen MR) is 72.6 cm³/mol. The van der Waals surface area contributed by atoms with Crippen molar-refractivity contribution in [2.24, 2.45) is 5.92 Å². The molecule has 0 N–H and O–H groups in total. The zero-order valence-electron chi connectivity index (χ0n) is 10.6. The van der Waals surface area contributed by atoms with E-state index in [1.807, 2.05) is 0 Å². The second kappa shape index (κ2) is 8.50. The van der Waals surface area contributed by atoms with Gasteiger partial charge in [0, 0.05) is 0 Å². The Labute approximate surface area is 101 Å². The van der Waals surface area contributed by atoms with Crippen LogP contribution in [0.15, 0.2) is 0 Å². The fraction of sp³-hybridized carbons (Fsp3) is 1.00. The van der Waals surface area contributed by atoms with Gasteiger partial charge in [-0.1, -0.05) is 65.2 Å². The van der Waals surface area contributed by atoms with Crippen molar-refractivity contribution in [2.75, 3.05) is 5.75 Å². The van der Waals surface area contributed by atoms with Crippen molar-refractivity contribution < 1.29 is 0 Å². The summed E-state index contributed by atoms with van der Waals surface area (Å²) in [6.07, 6.45) is 13.5. The van der Waals surface area contributed by atoms with E-state index in [0.717, 1.165) is 11.2 Å². The summed E-state index contributed by atoms with van der Waals surface area (Å²) in [5, 5.41) is 0.823. The first-order chi connectivity index (χ1) is 7.29. The number of rotatable bonds is 8. The van der Waals surface area contributed by atoms with Gasteiger partial charge >= 0.3 is 0 Å². The maximum Gasteiger partial charge on any atom is -0.000968 e. The lowest BCUT2D eigenvalue weighted by Gasteiger charge is -2.08. The third kappa shape index (κ3) is 7.27. The molecule has 1 fully saturated rings. The van der Waals surface area contributed by atoms with Crippen LogP contribution in [0.25, 0.3) is 0 Å². The van der Waals surface area contributed by atoms with E-state index in [1.165, 1.54) is 63.5 Å². The maximum atomic E-state index is 2.30. The van der Waals surface area contributed by atoms with Crippen LogP contribution in [0.1, 0.15) is 71.6 Å². The van der Waals surface area contributed by atoms with Crippen LogP contribution in [-0.4, -0.2) is 11.0 Å². The van der Waals surface area contributed by atoms with E-state index < -0.39 is 0 Å². The van der Waals surface area contributed by atoms with Crippen molar-refractivity contribution in [3.05, 3.63) is 0 Å². The standard InChI is InChI=1S/C14H28S/c1-13(2)15-12-8-4-3-5-9-14-10-6-7-11-14/h13-14H,3-12H2,1-2H3. The van der Waals surface area contributed by atoms with Crippen LogP contribution in [-0.2, 0) is 0 Å². The topological polar surface area (TPSA) is 0 Å².